The maximum absolute atomic E-state index is 3.37. The quantitative estimate of drug-likeness (QED) is 0.905. The van der Waals surface area contributed by atoms with Gasteiger partial charge in [0.05, 0.1) is 5.70 Å². The van der Waals surface area contributed by atoms with Crippen LogP contribution in [0.3, 0.4) is 0 Å². The summed E-state index contributed by atoms with van der Waals surface area (Å²) in [6, 6.07) is 18.1. The monoisotopic (exact) mass is 294 g/mol. The minimum Gasteiger partial charge on any atom is -0.367 e. The minimum absolute atomic E-state index is 0.608. The van der Waals surface area contributed by atoms with Gasteiger partial charge in [-0.3, -0.25) is 0 Å². The number of hydrogen-bond donors (Lipinski definition) is 1. The van der Waals surface area contributed by atoms with Gasteiger partial charge < -0.3 is 10.2 Å². The highest BCUT2D eigenvalue weighted by atomic mass is 32.2. The standard InChI is InChI=1S/C18H18N2S/c1-19-14-10-20(11-14)18-15-7-3-2-6-13(15)12-21-17-9-5-4-8-16(17)18/h2-9,12,14,19H,10-11H2,1H3. The van der Waals surface area contributed by atoms with Gasteiger partial charge in [0, 0.05) is 34.8 Å². The third-order valence-corrected chi connectivity index (χ3v) is 5.26. The zero-order valence-corrected chi connectivity index (χ0v) is 12.9. The third kappa shape index (κ3) is 2.17. The third-order valence-electron chi connectivity index (χ3n) is 4.28. The van der Waals surface area contributed by atoms with Crippen molar-refractivity contribution in [2.24, 2.45) is 0 Å². The maximum atomic E-state index is 3.37. The predicted molar refractivity (Wildman–Crippen MR) is 89.4 cm³/mol. The minimum atomic E-state index is 0.608. The van der Waals surface area contributed by atoms with Crippen molar-refractivity contribution in [1.29, 1.82) is 0 Å². The molecular weight excluding hydrogens is 276 g/mol. The molecule has 0 aliphatic carbocycles. The van der Waals surface area contributed by atoms with Gasteiger partial charge >= 0.3 is 0 Å². The number of benzene rings is 2. The summed E-state index contributed by atoms with van der Waals surface area (Å²) in [5, 5.41) is 8.31. The second kappa shape index (κ2) is 5.24. The fourth-order valence-electron chi connectivity index (χ4n) is 3.04. The number of thioether (sulfide) groups is 1. The molecule has 2 heterocycles. The Morgan fingerprint density at radius 3 is 2.67 bits per heavy atom. The van der Waals surface area contributed by atoms with E-state index < -0.39 is 0 Å². The van der Waals surface area contributed by atoms with Crippen LogP contribution in [0.25, 0.3) is 11.1 Å². The smallest absolute Gasteiger partial charge is 0.0532 e. The Balaban J connectivity index is 1.95. The first-order valence-electron chi connectivity index (χ1n) is 7.34. The number of likely N-dealkylation sites (N-methyl/N-ethyl adjacent to an activating group) is 1. The van der Waals surface area contributed by atoms with Crippen LogP contribution in [0.5, 0.6) is 0 Å². The number of nitrogens with zero attached hydrogens (tertiary/aromatic N) is 1. The van der Waals surface area contributed by atoms with Crippen molar-refractivity contribution >= 4 is 22.9 Å². The highest BCUT2D eigenvalue weighted by molar-refractivity contribution is 8.06. The van der Waals surface area contributed by atoms with Crippen LogP contribution < -0.4 is 15.8 Å². The van der Waals surface area contributed by atoms with E-state index in [1.807, 2.05) is 18.8 Å². The molecule has 0 spiro atoms. The molecule has 0 amide bonds. The molecule has 3 heteroatoms. The molecule has 0 saturated carbocycles. The van der Waals surface area contributed by atoms with Crippen molar-refractivity contribution in [2.75, 3.05) is 20.1 Å². The Morgan fingerprint density at radius 2 is 1.81 bits per heavy atom. The summed E-state index contributed by atoms with van der Waals surface area (Å²) in [7, 11) is 2.05. The molecule has 2 aliphatic rings. The molecule has 0 aromatic heterocycles. The van der Waals surface area contributed by atoms with Crippen molar-refractivity contribution < 1.29 is 0 Å². The Bertz CT molecular complexity index is 791. The molecule has 2 aromatic carbocycles. The Labute approximate surface area is 129 Å². The number of hydrogen-bond acceptors (Lipinski definition) is 3. The Morgan fingerprint density at radius 1 is 1.05 bits per heavy atom. The lowest BCUT2D eigenvalue weighted by Crippen LogP contribution is -2.57. The molecule has 1 saturated heterocycles. The van der Waals surface area contributed by atoms with Crippen molar-refractivity contribution in [3.8, 4) is 0 Å². The van der Waals surface area contributed by atoms with Crippen molar-refractivity contribution in [2.45, 2.75) is 10.9 Å². The van der Waals surface area contributed by atoms with Gasteiger partial charge in [-0.15, -0.1) is 0 Å². The van der Waals surface area contributed by atoms with Gasteiger partial charge in [-0.25, -0.2) is 0 Å². The summed E-state index contributed by atoms with van der Waals surface area (Å²) in [5.41, 5.74) is 2.74. The molecular formula is C18H18N2S. The zero-order valence-electron chi connectivity index (χ0n) is 12.0. The molecule has 4 rings (SSSR count). The fraction of sp³-hybridized carbons (Fsp3) is 0.222. The van der Waals surface area contributed by atoms with E-state index >= 15 is 0 Å². The van der Waals surface area contributed by atoms with E-state index in [0.717, 1.165) is 13.1 Å². The van der Waals surface area contributed by atoms with E-state index in [0.29, 0.717) is 6.04 Å². The summed E-state index contributed by atoms with van der Waals surface area (Å²) in [4.78, 5) is 3.84. The summed E-state index contributed by atoms with van der Waals surface area (Å²) in [6.07, 6.45) is 0. The molecule has 0 atom stereocenters. The van der Waals surface area contributed by atoms with E-state index in [4.69, 9.17) is 0 Å². The number of fused-ring (bicyclic) bond motifs is 2. The largest absolute Gasteiger partial charge is 0.367 e. The van der Waals surface area contributed by atoms with E-state index in [-0.39, 0.29) is 0 Å². The first kappa shape index (κ1) is 13.0. The van der Waals surface area contributed by atoms with Crippen molar-refractivity contribution in [3.05, 3.63) is 64.5 Å². The molecule has 2 nitrogen and oxygen atoms in total. The Hall–Kier alpha value is -1.71. The molecule has 0 unspecified atom stereocenters. The van der Waals surface area contributed by atoms with Crippen LogP contribution >= 0.6 is 11.8 Å². The second-order valence-electron chi connectivity index (χ2n) is 5.56. The zero-order chi connectivity index (χ0) is 14.2. The molecule has 1 fully saturated rings. The van der Waals surface area contributed by atoms with Crippen LogP contribution in [0, 0.1) is 0 Å². The Kier molecular flexibility index (Phi) is 3.24. The molecule has 0 radical (unpaired) electrons. The molecule has 2 aliphatic heterocycles. The van der Waals surface area contributed by atoms with Crippen LogP contribution in [0.15, 0.2) is 53.4 Å². The van der Waals surface area contributed by atoms with Gasteiger partial charge in [0.1, 0.15) is 0 Å². The lowest BCUT2D eigenvalue weighted by molar-refractivity contribution is 0.210. The van der Waals surface area contributed by atoms with Gasteiger partial charge in [-0.05, 0) is 23.7 Å². The number of nitrogens with one attached hydrogen (secondary N) is 1. The van der Waals surface area contributed by atoms with E-state index in [1.165, 1.54) is 26.6 Å². The van der Waals surface area contributed by atoms with Crippen LogP contribution in [0.4, 0.5) is 0 Å². The normalized spacial score (nSPS) is 17.4. The van der Waals surface area contributed by atoms with Gasteiger partial charge in [-0.1, -0.05) is 54.2 Å². The summed E-state index contributed by atoms with van der Waals surface area (Å²) in [5.74, 6) is 0. The van der Waals surface area contributed by atoms with Gasteiger partial charge in [0.15, 0.2) is 0 Å². The highest BCUT2D eigenvalue weighted by Gasteiger charge is 2.29. The number of likely N-dealkylation sites (tertiary alicyclic amines) is 1. The van der Waals surface area contributed by atoms with Gasteiger partial charge in [-0.2, -0.15) is 0 Å². The summed E-state index contributed by atoms with van der Waals surface area (Å²) < 4.78 is 0. The first-order chi connectivity index (χ1) is 10.4. The molecule has 2 aromatic rings. The molecule has 21 heavy (non-hydrogen) atoms. The lowest BCUT2D eigenvalue weighted by atomic mass is 10.0. The van der Waals surface area contributed by atoms with Crippen LogP contribution in [0.2, 0.25) is 0 Å². The summed E-state index contributed by atoms with van der Waals surface area (Å²) in [6.45, 7) is 2.17. The van der Waals surface area contributed by atoms with E-state index in [2.05, 4.69) is 64.2 Å². The highest BCUT2D eigenvalue weighted by Crippen LogP contribution is 2.32. The fourth-order valence-corrected chi connectivity index (χ4v) is 3.95. The molecule has 106 valence electrons. The maximum Gasteiger partial charge on any atom is 0.0532 e. The van der Waals surface area contributed by atoms with E-state index in [9.17, 15) is 0 Å². The van der Waals surface area contributed by atoms with Crippen molar-refractivity contribution in [3.63, 3.8) is 0 Å². The second-order valence-corrected chi connectivity index (χ2v) is 6.47. The predicted octanol–water partition coefficient (Wildman–Crippen LogP) is 1.59. The van der Waals surface area contributed by atoms with Crippen molar-refractivity contribution in [1.82, 2.24) is 10.2 Å². The topological polar surface area (TPSA) is 15.3 Å². The number of rotatable bonds is 2. The van der Waals surface area contributed by atoms with Crippen LogP contribution in [0.1, 0.15) is 5.56 Å². The first-order valence-corrected chi connectivity index (χ1v) is 8.22. The van der Waals surface area contributed by atoms with Gasteiger partial charge in [0.2, 0.25) is 0 Å². The average molecular weight is 294 g/mol. The lowest BCUT2D eigenvalue weighted by Gasteiger charge is -2.42. The van der Waals surface area contributed by atoms with E-state index in [1.54, 1.807) is 0 Å². The summed E-state index contributed by atoms with van der Waals surface area (Å²) >= 11 is 1.83. The van der Waals surface area contributed by atoms with Crippen LogP contribution in [-0.2, 0) is 0 Å². The molecule has 1 N–H and O–H groups in total. The van der Waals surface area contributed by atoms with Gasteiger partial charge in [0.25, 0.3) is 0 Å². The average Bonchev–Trinajstić information content (AvgIpc) is 2.64. The van der Waals surface area contributed by atoms with Crippen LogP contribution in [-0.4, -0.2) is 31.1 Å². The molecule has 0 bridgehead atoms. The SMILES string of the molecule is CNC1CN(C2=c3ccccc3=CSc3ccccc32)C1.